The third kappa shape index (κ3) is 2.02. The highest BCUT2D eigenvalue weighted by atomic mass is 16.5. The third-order valence-electron chi connectivity index (χ3n) is 3.27. The van der Waals surface area contributed by atoms with Crippen LogP contribution in [-0.4, -0.2) is 40.1 Å². The van der Waals surface area contributed by atoms with Gasteiger partial charge in [-0.15, -0.1) is 0 Å². The lowest BCUT2D eigenvalue weighted by Crippen LogP contribution is -2.53. The molecule has 0 radical (unpaired) electrons. The van der Waals surface area contributed by atoms with Crippen molar-refractivity contribution in [3.05, 3.63) is 17.5 Å². The van der Waals surface area contributed by atoms with E-state index >= 15 is 0 Å². The number of rotatable bonds is 3. The van der Waals surface area contributed by atoms with Gasteiger partial charge in [-0.05, 0) is 6.92 Å². The molecule has 2 heterocycles. The van der Waals surface area contributed by atoms with Gasteiger partial charge in [0.2, 0.25) is 0 Å². The monoisotopic (exact) mass is 238 g/mol. The van der Waals surface area contributed by atoms with Crippen molar-refractivity contribution < 1.29 is 19.2 Å². The number of amides is 1. The number of nitrogens with zero attached hydrogens (tertiary/aromatic N) is 2. The van der Waals surface area contributed by atoms with Crippen molar-refractivity contribution in [3.8, 4) is 0 Å². The molecule has 1 aliphatic rings. The van der Waals surface area contributed by atoms with Gasteiger partial charge in [0.1, 0.15) is 11.3 Å². The Hall–Kier alpha value is -1.85. The third-order valence-corrected chi connectivity index (χ3v) is 3.27. The highest BCUT2D eigenvalue weighted by Gasteiger charge is 2.38. The molecule has 1 saturated heterocycles. The van der Waals surface area contributed by atoms with E-state index in [0.29, 0.717) is 24.4 Å². The van der Waals surface area contributed by atoms with E-state index < -0.39 is 11.9 Å². The summed E-state index contributed by atoms with van der Waals surface area (Å²) >= 11 is 0. The van der Waals surface area contributed by atoms with E-state index in [4.69, 9.17) is 9.63 Å². The molecule has 1 amide bonds. The van der Waals surface area contributed by atoms with Crippen LogP contribution in [0, 0.1) is 18.8 Å². The first-order chi connectivity index (χ1) is 8.00. The van der Waals surface area contributed by atoms with Crippen LogP contribution >= 0.6 is 0 Å². The zero-order valence-electron chi connectivity index (χ0n) is 9.71. The van der Waals surface area contributed by atoms with Crippen molar-refractivity contribution in [2.45, 2.75) is 13.8 Å². The number of carbonyl (C=O) groups excluding carboxylic acids is 1. The quantitative estimate of drug-likeness (QED) is 0.841. The average molecular weight is 238 g/mol. The van der Waals surface area contributed by atoms with E-state index in [9.17, 15) is 9.59 Å². The van der Waals surface area contributed by atoms with Crippen LogP contribution in [0.5, 0.6) is 0 Å². The van der Waals surface area contributed by atoms with E-state index in [0.717, 1.165) is 0 Å². The van der Waals surface area contributed by atoms with E-state index in [2.05, 4.69) is 5.16 Å². The first-order valence-corrected chi connectivity index (χ1v) is 5.44. The summed E-state index contributed by atoms with van der Waals surface area (Å²) in [5.74, 6) is -0.843. The predicted octanol–water partition coefficient (Wildman–Crippen LogP) is 0.776. The van der Waals surface area contributed by atoms with Crippen LogP contribution in [0.3, 0.4) is 0 Å². The Morgan fingerprint density at radius 3 is 2.71 bits per heavy atom. The van der Waals surface area contributed by atoms with Gasteiger partial charge in [0.05, 0.1) is 12.1 Å². The molecule has 6 nitrogen and oxygen atoms in total. The molecule has 6 heteroatoms. The zero-order valence-corrected chi connectivity index (χ0v) is 9.71. The molecule has 1 atom stereocenters. The van der Waals surface area contributed by atoms with Gasteiger partial charge in [-0.2, -0.15) is 0 Å². The molecule has 17 heavy (non-hydrogen) atoms. The average Bonchev–Trinajstić information content (AvgIpc) is 2.61. The fourth-order valence-corrected chi connectivity index (χ4v) is 1.87. The van der Waals surface area contributed by atoms with Crippen molar-refractivity contribution in [2.24, 2.45) is 11.8 Å². The lowest BCUT2D eigenvalue weighted by atomic mass is 9.86. The topological polar surface area (TPSA) is 83.6 Å². The normalized spacial score (nSPS) is 17.6. The van der Waals surface area contributed by atoms with Crippen molar-refractivity contribution >= 4 is 11.9 Å². The fraction of sp³-hybridized carbons (Fsp3) is 0.545. The summed E-state index contributed by atoms with van der Waals surface area (Å²) in [6.45, 7) is 4.31. The zero-order chi connectivity index (χ0) is 12.6. The minimum Gasteiger partial charge on any atom is -0.481 e. The highest BCUT2D eigenvalue weighted by molar-refractivity contribution is 5.95. The fourth-order valence-electron chi connectivity index (χ4n) is 1.87. The number of hydrogen-bond donors (Lipinski definition) is 1. The van der Waals surface area contributed by atoms with Crippen LogP contribution in [0.1, 0.15) is 23.0 Å². The molecule has 0 aromatic carbocycles. The smallest absolute Gasteiger partial charge is 0.306 e. The van der Waals surface area contributed by atoms with Crippen molar-refractivity contribution in [1.82, 2.24) is 10.1 Å². The molecule has 92 valence electrons. The van der Waals surface area contributed by atoms with E-state index in [1.54, 1.807) is 18.7 Å². The predicted molar refractivity (Wildman–Crippen MR) is 57.4 cm³/mol. The maximum atomic E-state index is 11.9. The highest BCUT2D eigenvalue weighted by Crippen LogP contribution is 2.26. The molecule has 1 aliphatic heterocycles. The van der Waals surface area contributed by atoms with Gasteiger partial charge in [0, 0.05) is 19.0 Å². The van der Waals surface area contributed by atoms with Crippen molar-refractivity contribution in [1.29, 1.82) is 0 Å². The maximum Gasteiger partial charge on any atom is 0.306 e. The van der Waals surface area contributed by atoms with Crippen LogP contribution in [0.25, 0.3) is 0 Å². The summed E-state index contributed by atoms with van der Waals surface area (Å²) in [6, 6.07) is 0. The molecule has 1 aromatic rings. The summed E-state index contributed by atoms with van der Waals surface area (Å²) < 4.78 is 4.83. The molecule has 1 aromatic heterocycles. The van der Waals surface area contributed by atoms with E-state index in [1.807, 2.05) is 0 Å². The van der Waals surface area contributed by atoms with Crippen molar-refractivity contribution in [2.75, 3.05) is 13.1 Å². The molecule has 0 saturated carbocycles. The summed E-state index contributed by atoms with van der Waals surface area (Å²) in [4.78, 5) is 24.3. The van der Waals surface area contributed by atoms with Gasteiger partial charge in [0.15, 0.2) is 0 Å². The van der Waals surface area contributed by atoms with Gasteiger partial charge in [-0.3, -0.25) is 9.59 Å². The molecule has 1 unspecified atom stereocenters. The molecule has 0 bridgehead atoms. The molecule has 0 spiro atoms. The standard InChI is InChI=1S/C11H14N2O4/c1-6(11(15)16)8-4-13(5-8)10(14)9-3-12-17-7(9)2/h3,6,8H,4-5H2,1-2H3,(H,15,16). The Kier molecular flexibility index (Phi) is 2.87. The molecular weight excluding hydrogens is 224 g/mol. The number of carboxylic acid groups (broad SMARTS) is 1. The Morgan fingerprint density at radius 1 is 1.59 bits per heavy atom. The first kappa shape index (κ1) is 11.6. The first-order valence-electron chi connectivity index (χ1n) is 5.44. The van der Waals surface area contributed by atoms with Crippen LogP contribution in [0.15, 0.2) is 10.7 Å². The summed E-state index contributed by atoms with van der Waals surface area (Å²) in [5.41, 5.74) is 0.450. The number of aromatic nitrogens is 1. The van der Waals surface area contributed by atoms with Crippen LogP contribution < -0.4 is 0 Å². The van der Waals surface area contributed by atoms with Crippen LogP contribution in [-0.2, 0) is 4.79 Å². The van der Waals surface area contributed by atoms with Crippen LogP contribution in [0.4, 0.5) is 0 Å². The van der Waals surface area contributed by atoms with Crippen molar-refractivity contribution in [3.63, 3.8) is 0 Å². The van der Waals surface area contributed by atoms with Crippen LogP contribution in [0.2, 0.25) is 0 Å². The SMILES string of the molecule is Cc1oncc1C(=O)N1CC(C(C)C(=O)O)C1. The number of likely N-dealkylation sites (tertiary alicyclic amines) is 1. The second-order valence-electron chi connectivity index (χ2n) is 4.39. The van der Waals surface area contributed by atoms with Gasteiger partial charge in [-0.25, -0.2) is 0 Å². The summed E-state index contributed by atoms with van der Waals surface area (Å²) in [6.07, 6.45) is 1.39. The summed E-state index contributed by atoms with van der Waals surface area (Å²) in [7, 11) is 0. The number of carboxylic acids is 1. The Bertz CT molecular complexity index is 448. The number of aliphatic carboxylic acids is 1. The van der Waals surface area contributed by atoms with E-state index in [1.165, 1.54) is 6.20 Å². The maximum absolute atomic E-state index is 11.9. The molecular formula is C11H14N2O4. The molecule has 2 rings (SSSR count). The molecule has 1 fully saturated rings. The molecule has 0 aliphatic carbocycles. The Labute approximate surface area is 98.2 Å². The number of hydrogen-bond acceptors (Lipinski definition) is 4. The second kappa shape index (κ2) is 4.20. The Balaban J connectivity index is 1.95. The van der Waals surface area contributed by atoms with Gasteiger partial charge in [-0.1, -0.05) is 12.1 Å². The lowest BCUT2D eigenvalue weighted by molar-refractivity contribution is -0.144. The minimum atomic E-state index is -0.816. The lowest BCUT2D eigenvalue weighted by Gasteiger charge is -2.41. The van der Waals surface area contributed by atoms with Gasteiger partial charge < -0.3 is 14.5 Å². The van der Waals surface area contributed by atoms with E-state index in [-0.39, 0.29) is 11.8 Å². The molecule has 1 N–H and O–H groups in total. The largest absolute Gasteiger partial charge is 0.481 e. The van der Waals surface area contributed by atoms with Gasteiger partial charge in [0.25, 0.3) is 5.91 Å². The Morgan fingerprint density at radius 2 is 2.24 bits per heavy atom. The number of carbonyl (C=O) groups is 2. The minimum absolute atomic E-state index is 0.0385. The summed E-state index contributed by atoms with van der Waals surface area (Å²) in [5, 5.41) is 12.4. The number of aryl methyl sites for hydroxylation is 1. The van der Waals surface area contributed by atoms with Gasteiger partial charge >= 0.3 is 5.97 Å². The second-order valence-corrected chi connectivity index (χ2v) is 4.39.